The van der Waals surface area contributed by atoms with Gasteiger partial charge in [0.2, 0.25) is 5.91 Å². The molecular weight excluding hydrogens is 803 g/mol. The normalized spacial score (nSPS) is 14.0. The molecule has 0 saturated heterocycles. The Kier molecular flexibility index (Phi) is 52.3. The third-order valence-electron chi connectivity index (χ3n) is 13.6. The molecule has 0 bridgehead atoms. The molecule has 0 fully saturated rings. The highest BCUT2D eigenvalue weighted by atomic mass is 16.3. The van der Waals surface area contributed by atoms with Crippen LogP contribution in [-0.4, -0.2) is 57.3 Å². The van der Waals surface area contributed by atoms with E-state index in [0.717, 1.165) is 51.4 Å². The lowest BCUT2D eigenvalue weighted by Crippen LogP contribution is -2.53. The molecule has 5 N–H and O–H groups in total. The molecule has 0 aromatic rings. The second-order valence-electron chi connectivity index (χ2n) is 20.0. The highest BCUT2D eigenvalue weighted by molar-refractivity contribution is 5.80. The van der Waals surface area contributed by atoms with E-state index < -0.39 is 36.9 Å². The van der Waals surface area contributed by atoms with Crippen LogP contribution in [0.2, 0.25) is 0 Å². The number of allylic oxidation sites excluding steroid dienone is 6. The molecular formula is C59H113NO5. The third kappa shape index (κ3) is 47.4. The van der Waals surface area contributed by atoms with E-state index in [2.05, 4.69) is 55.6 Å². The largest absolute Gasteiger partial charge is 0.394 e. The van der Waals surface area contributed by atoms with Crippen LogP contribution in [0, 0.1) is 0 Å². The summed E-state index contributed by atoms with van der Waals surface area (Å²) in [5.41, 5.74) is 0. The smallest absolute Gasteiger partial charge is 0.249 e. The summed E-state index contributed by atoms with van der Waals surface area (Å²) >= 11 is 0. The SMILES string of the molecule is CCCCCCCCCCCCCCCCCCCCC/C=C/CC/C=C/CC/C=C/CCCC(O)C(O)C(CO)NC(=O)C(O)CCCCCCCCCCCCCCCCCCC. The average Bonchev–Trinajstić information content (AvgIpc) is 3.31. The lowest BCUT2D eigenvalue weighted by molar-refractivity contribution is -0.132. The Labute approximate surface area is 405 Å². The van der Waals surface area contributed by atoms with Crippen molar-refractivity contribution in [3.63, 3.8) is 0 Å². The molecule has 1 amide bonds. The van der Waals surface area contributed by atoms with Crippen LogP contribution < -0.4 is 5.32 Å². The average molecular weight is 917 g/mol. The fourth-order valence-electron chi connectivity index (χ4n) is 9.03. The van der Waals surface area contributed by atoms with Crippen LogP contribution in [0.1, 0.15) is 303 Å². The Bertz CT molecular complexity index is 1030. The molecule has 0 aromatic carbocycles. The summed E-state index contributed by atoms with van der Waals surface area (Å²) in [5, 5.41) is 43.9. The van der Waals surface area contributed by atoms with E-state index in [1.54, 1.807) is 0 Å². The maximum absolute atomic E-state index is 12.6. The van der Waals surface area contributed by atoms with Gasteiger partial charge < -0.3 is 25.7 Å². The molecule has 4 unspecified atom stereocenters. The molecule has 0 aliphatic rings. The summed E-state index contributed by atoms with van der Waals surface area (Å²) in [6, 6.07) is -1.01. The summed E-state index contributed by atoms with van der Waals surface area (Å²) in [7, 11) is 0. The molecule has 65 heavy (non-hydrogen) atoms. The van der Waals surface area contributed by atoms with Gasteiger partial charge in [-0.25, -0.2) is 0 Å². The molecule has 0 rings (SSSR count). The summed E-state index contributed by atoms with van der Waals surface area (Å²) in [4.78, 5) is 12.6. The molecule has 0 spiro atoms. The van der Waals surface area contributed by atoms with E-state index in [1.165, 1.54) is 218 Å². The van der Waals surface area contributed by atoms with Gasteiger partial charge in [-0.1, -0.05) is 275 Å². The minimum Gasteiger partial charge on any atom is -0.394 e. The number of carbonyl (C=O) groups excluding carboxylic acids is 1. The van der Waals surface area contributed by atoms with Crippen molar-refractivity contribution in [3.05, 3.63) is 36.5 Å². The van der Waals surface area contributed by atoms with Crippen LogP contribution in [0.3, 0.4) is 0 Å². The Morgan fingerprint density at radius 3 is 0.969 bits per heavy atom. The van der Waals surface area contributed by atoms with E-state index in [9.17, 15) is 25.2 Å². The molecule has 6 heteroatoms. The first-order chi connectivity index (χ1) is 32.0. The van der Waals surface area contributed by atoms with Gasteiger partial charge in [0, 0.05) is 0 Å². The van der Waals surface area contributed by atoms with Crippen molar-refractivity contribution in [2.45, 2.75) is 327 Å². The molecule has 0 saturated carbocycles. The number of carbonyl (C=O) groups is 1. The molecule has 0 aromatic heterocycles. The zero-order valence-electron chi connectivity index (χ0n) is 43.5. The standard InChI is InChI=1S/C59H113NO5/c1-3-5-7-9-11-13-15-17-19-21-22-23-24-25-26-27-28-29-30-31-32-33-34-35-37-38-40-42-44-46-48-50-52-56(62)58(64)55(54-61)60-59(65)57(63)53-51-49-47-45-43-41-39-36-20-18-16-14-12-10-8-6-4-2/h32-33,37-38,44,46,55-58,61-64H,3-31,34-36,39-43,45,47-54H2,1-2H3,(H,60,65)/b33-32+,38-37+,46-44+. The van der Waals surface area contributed by atoms with Crippen molar-refractivity contribution in [2.75, 3.05) is 6.61 Å². The van der Waals surface area contributed by atoms with Gasteiger partial charge in [0.1, 0.15) is 12.2 Å². The summed E-state index contributed by atoms with van der Waals surface area (Å²) in [6.45, 7) is 4.07. The Balaban J connectivity index is 3.67. The lowest BCUT2D eigenvalue weighted by Gasteiger charge is -2.27. The lowest BCUT2D eigenvalue weighted by atomic mass is 10.00. The molecule has 384 valence electrons. The molecule has 0 heterocycles. The predicted molar refractivity (Wildman–Crippen MR) is 284 cm³/mol. The first-order valence-corrected chi connectivity index (χ1v) is 28.9. The van der Waals surface area contributed by atoms with Crippen LogP contribution in [0.15, 0.2) is 36.5 Å². The van der Waals surface area contributed by atoms with Gasteiger partial charge in [0.15, 0.2) is 0 Å². The highest BCUT2D eigenvalue weighted by Gasteiger charge is 2.28. The number of rotatable bonds is 53. The van der Waals surface area contributed by atoms with Crippen LogP contribution in [0.4, 0.5) is 0 Å². The zero-order chi connectivity index (χ0) is 47.4. The van der Waals surface area contributed by atoms with Crippen LogP contribution in [-0.2, 0) is 4.79 Å². The van der Waals surface area contributed by atoms with Crippen LogP contribution in [0.5, 0.6) is 0 Å². The number of amides is 1. The van der Waals surface area contributed by atoms with E-state index in [-0.39, 0.29) is 0 Å². The fraction of sp³-hybridized carbons (Fsp3) is 0.881. The van der Waals surface area contributed by atoms with Crippen LogP contribution >= 0.6 is 0 Å². The first kappa shape index (κ1) is 63.5. The zero-order valence-corrected chi connectivity index (χ0v) is 43.5. The minimum absolute atomic E-state index is 0.362. The Morgan fingerprint density at radius 1 is 0.369 bits per heavy atom. The number of aliphatic hydroxyl groups excluding tert-OH is 4. The van der Waals surface area contributed by atoms with Gasteiger partial charge in [-0.15, -0.1) is 0 Å². The number of nitrogens with one attached hydrogen (secondary N) is 1. The molecule has 0 radical (unpaired) electrons. The summed E-state index contributed by atoms with van der Waals surface area (Å²) < 4.78 is 0. The van der Waals surface area contributed by atoms with Crippen molar-refractivity contribution in [1.82, 2.24) is 5.32 Å². The van der Waals surface area contributed by atoms with Crippen molar-refractivity contribution in [2.24, 2.45) is 0 Å². The van der Waals surface area contributed by atoms with Crippen LogP contribution in [0.25, 0.3) is 0 Å². The van der Waals surface area contributed by atoms with Crippen molar-refractivity contribution in [3.8, 4) is 0 Å². The monoisotopic (exact) mass is 916 g/mol. The van der Waals surface area contributed by atoms with E-state index >= 15 is 0 Å². The van der Waals surface area contributed by atoms with Gasteiger partial charge in [0.05, 0.1) is 18.8 Å². The predicted octanol–water partition coefficient (Wildman–Crippen LogP) is 16.8. The van der Waals surface area contributed by atoms with E-state index in [4.69, 9.17) is 0 Å². The molecule has 0 aliphatic heterocycles. The van der Waals surface area contributed by atoms with E-state index in [1.807, 2.05) is 0 Å². The van der Waals surface area contributed by atoms with Gasteiger partial charge in [0.25, 0.3) is 0 Å². The maximum Gasteiger partial charge on any atom is 0.249 e. The van der Waals surface area contributed by atoms with Gasteiger partial charge in [-0.05, 0) is 64.2 Å². The van der Waals surface area contributed by atoms with E-state index in [0.29, 0.717) is 19.3 Å². The van der Waals surface area contributed by atoms with Crippen molar-refractivity contribution in [1.29, 1.82) is 0 Å². The minimum atomic E-state index is -1.29. The Hall–Kier alpha value is -1.47. The second-order valence-corrected chi connectivity index (χ2v) is 20.0. The van der Waals surface area contributed by atoms with Gasteiger partial charge in [-0.2, -0.15) is 0 Å². The molecule has 0 aliphatic carbocycles. The number of unbranched alkanes of at least 4 members (excludes halogenated alkanes) is 38. The Morgan fingerprint density at radius 2 is 0.646 bits per heavy atom. The summed E-state index contributed by atoms with van der Waals surface area (Å²) in [5.74, 6) is -0.596. The van der Waals surface area contributed by atoms with Crippen molar-refractivity contribution >= 4 is 5.91 Å². The van der Waals surface area contributed by atoms with Crippen molar-refractivity contribution < 1.29 is 25.2 Å². The first-order valence-electron chi connectivity index (χ1n) is 28.9. The fourth-order valence-corrected chi connectivity index (χ4v) is 9.03. The second kappa shape index (κ2) is 53.5. The number of hydrogen-bond donors (Lipinski definition) is 5. The highest BCUT2D eigenvalue weighted by Crippen LogP contribution is 2.17. The molecule has 4 atom stereocenters. The molecule has 6 nitrogen and oxygen atoms in total. The van der Waals surface area contributed by atoms with Gasteiger partial charge in [-0.3, -0.25) is 4.79 Å². The third-order valence-corrected chi connectivity index (χ3v) is 13.6. The quantitative estimate of drug-likeness (QED) is 0.0308. The topological polar surface area (TPSA) is 110 Å². The van der Waals surface area contributed by atoms with Gasteiger partial charge >= 0.3 is 0 Å². The number of aliphatic hydroxyl groups is 4. The maximum atomic E-state index is 12.6. The number of hydrogen-bond acceptors (Lipinski definition) is 5. The summed E-state index contributed by atoms with van der Waals surface area (Å²) in [6.07, 6.45) is 66.6.